The van der Waals surface area contributed by atoms with Gasteiger partial charge in [0.15, 0.2) is 0 Å². The van der Waals surface area contributed by atoms with E-state index in [-0.39, 0.29) is 25.0 Å². The van der Waals surface area contributed by atoms with Gasteiger partial charge in [0, 0.05) is 12.5 Å². The van der Waals surface area contributed by atoms with Crippen LogP contribution in [0.1, 0.15) is 36.7 Å². The third kappa shape index (κ3) is 7.79. The summed E-state index contributed by atoms with van der Waals surface area (Å²) in [6.07, 6.45) is 1.62. The van der Waals surface area contributed by atoms with Crippen molar-refractivity contribution in [2.45, 2.75) is 26.9 Å². The van der Waals surface area contributed by atoms with Crippen molar-refractivity contribution >= 4 is 23.9 Å². The number of carbonyl (C=O) groups excluding carboxylic acids is 3. The first kappa shape index (κ1) is 22.7. The van der Waals surface area contributed by atoms with Crippen LogP contribution < -0.4 is 15.4 Å². The average Bonchev–Trinajstić information content (AvgIpc) is 2.72. The Labute approximate surface area is 176 Å². The Kier molecular flexibility index (Phi) is 8.62. The predicted molar refractivity (Wildman–Crippen MR) is 114 cm³/mol. The summed E-state index contributed by atoms with van der Waals surface area (Å²) in [7, 11) is 0. The van der Waals surface area contributed by atoms with E-state index in [0.29, 0.717) is 16.9 Å². The Morgan fingerprint density at radius 2 is 1.67 bits per heavy atom. The molecule has 0 saturated heterocycles. The molecule has 2 aromatic carbocycles. The smallest absolute Gasteiger partial charge is 0.302 e. The molecule has 0 atom stereocenters. The normalized spacial score (nSPS) is 11.0. The molecule has 0 saturated carbocycles. The Morgan fingerprint density at radius 1 is 1.00 bits per heavy atom. The van der Waals surface area contributed by atoms with Crippen molar-refractivity contribution < 1.29 is 23.9 Å². The maximum atomic E-state index is 12.6. The van der Waals surface area contributed by atoms with Gasteiger partial charge in [0.2, 0.25) is 0 Å². The maximum Gasteiger partial charge on any atom is 0.302 e. The van der Waals surface area contributed by atoms with Gasteiger partial charge in [-0.05, 0) is 49.8 Å². The van der Waals surface area contributed by atoms with Gasteiger partial charge in [0.05, 0.1) is 12.6 Å². The molecule has 158 valence electrons. The van der Waals surface area contributed by atoms with E-state index >= 15 is 0 Å². The van der Waals surface area contributed by atoms with Crippen molar-refractivity contribution in [3.05, 3.63) is 71.4 Å². The third-order valence-corrected chi connectivity index (χ3v) is 3.78. The molecule has 0 aromatic heterocycles. The Morgan fingerprint density at radius 3 is 2.27 bits per heavy atom. The second kappa shape index (κ2) is 11.4. The zero-order chi connectivity index (χ0) is 21.9. The van der Waals surface area contributed by atoms with Crippen LogP contribution in [0.2, 0.25) is 0 Å². The zero-order valence-corrected chi connectivity index (χ0v) is 17.3. The lowest BCUT2D eigenvalue weighted by molar-refractivity contribution is -0.141. The molecule has 0 aliphatic heterocycles. The van der Waals surface area contributed by atoms with Crippen LogP contribution in [0.3, 0.4) is 0 Å². The molecule has 0 heterocycles. The first-order chi connectivity index (χ1) is 14.3. The summed E-state index contributed by atoms with van der Waals surface area (Å²) < 4.78 is 10.4. The summed E-state index contributed by atoms with van der Waals surface area (Å²) >= 11 is 0. The standard InChI is InChI=1S/C23H26N2O5/c1-16(2)30-20-11-9-18(10-12-20)15-21(23(28)24-13-14-29-17(3)26)25-22(27)19-7-5-4-6-8-19/h4-12,15-16H,13-14H2,1-3H3,(H,24,28)(H,25,27)/b21-15+. The number of carbonyl (C=O) groups is 3. The second-order valence-electron chi connectivity index (χ2n) is 6.71. The monoisotopic (exact) mass is 410 g/mol. The lowest BCUT2D eigenvalue weighted by Gasteiger charge is -2.12. The van der Waals surface area contributed by atoms with Gasteiger partial charge >= 0.3 is 5.97 Å². The SMILES string of the molecule is CC(=O)OCCNC(=O)/C(=C\c1ccc(OC(C)C)cc1)NC(=O)c1ccccc1. The molecule has 7 nitrogen and oxygen atoms in total. The summed E-state index contributed by atoms with van der Waals surface area (Å²) in [4.78, 5) is 36.0. The number of rotatable bonds is 9. The molecule has 0 spiro atoms. The topological polar surface area (TPSA) is 93.7 Å². The van der Waals surface area contributed by atoms with Gasteiger partial charge in [-0.3, -0.25) is 14.4 Å². The van der Waals surface area contributed by atoms with E-state index in [1.54, 1.807) is 60.7 Å². The van der Waals surface area contributed by atoms with Crippen molar-refractivity contribution in [3.63, 3.8) is 0 Å². The van der Waals surface area contributed by atoms with Crippen LogP contribution in [0.25, 0.3) is 6.08 Å². The number of esters is 1. The van der Waals surface area contributed by atoms with Gasteiger partial charge in [-0.2, -0.15) is 0 Å². The third-order valence-electron chi connectivity index (χ3n) is 3.78. The van der Waals surface area contributed by atoms with E-state index in [0.717, 1.165) is 0 Å². The van der Waals surface area contributed by atoms with E-state index < -0.39 is 17.8 Å². The van der Waals surface area contributed by atoms with E-state index in [9.17, 15) is 14.4 Å². The van der Waals surface area contributed by atoms with Gasteiger partial charge < -0.3 is 20.1 Å². The lowest BCUT2D eigenvalue weighted by Crippen LogP contribution is -2.36. The van der Waals surface area contributed by atoms with E-state index in [4.69, 9.17) is 9.47 Å². The van der Waals surface area contributed by atoms with Crippen molar-refractivity contribution in [2.75, 3.05) is 13.2 Å². The van der Waals surface area contributed by atoms with Crippen LogP contribution in [0, 0.1) is 0 Å². The summed E-state index contributed by atoms with van der Waals surface area (Å²) in [5.41, 5.74) is 1.21. The zero-order valence-electron chi connectivity index (χ0n) is 17.3. The molecule has 0 aliphatic carbocycles. The van der Waals surface area contributed by atoms with Crippen molar-refractivity contribution in [1.29, 1.82) is 0 Å². The molecule has 30 heavy (non-hydrogen) atoms. The highest BCUT2D eigenvalue weighted by molar-refractivity contribution is 6.05. The molecular formula is C23H26N2O5. The van der Waals surface area contributed by atoms with Crippen molar-refractivity contribution in [1.82, 2.24) is 10.6 Å². The Balaban J connectivity index is 2.16. The first-order valence-electron chi connectivity index (χ1n) is 9.61. The minimum Gasteiger partial charge on any atom is -0.491 e. The molecule has 2 N–H and O–H groups in total. The van der Waals surface area contributed by atoms with Gasteiger partial charge in [-0.15, -0.1) is 0 Å². The van der Waals surface area contributed by atoms with E-state index in [2.05, 4.69) is 10.6 Å². The Hall–Kier alpha value is -3.61. The molecule has 0 radical (unpaired) electrons. The van der Waals surface area contributed by atoms with Gasteiger partial charge in [0.25, 0.3) is 11.8 Å². The summed E-state index contributed by atoms with van der Waals surface area (Å²) in [5, 5.41) is 5.28. The largest absolute Gasteiger partial charge is 0.491 e. The van der Waals surface area contributed by atoms with Gasteiger partial charge in [0.1, 0.15) is 18.1 Å². The summed E-state index contributed by atoms with van der Waals surface area (Å²) in [6, 6.07) is 15.8. The van der Waals surface area contributed by atoms with Gasteiger partial charge in [-0.1, -0.05) is 30.3 Å². The fourth-order valence-corrected chi connectivity index (χ4v) is 2.48. The van der Waals surface area contributed by atoms with Crippen LogP contribution in [0.5, 0.6) is 5.75 Å². The Bertz CT molecular complexity index is 890. The lowest BCUT2D eigenvalue weighted by atomic mass is 10.1. The first-order valence-corrected chi connectivity index (χ1v) is 9.61. The van der Waals surface area contributed by atoms with Crippen LogP contribution in [-0.2, 0) is 14.3 Å². The predicted octanol–water partition coefficient (Wildman–Crippen LogP) is 2.92. The number of hydrogen-bond donors (Lipinski definition) is 2. The molecule has 2 amide bonds. The highest BCUT2D eigenvalue weighted by Gasteiger charge is 2.14. The van der Waals surface area contributed by atoms with Crippen LogP contribution in [0.4, 0.5) is 0 Å². The minimum absolute atomic E-state index is 0.0439. The highest BCUT2D eigenvalue weighted by atomic mass is 16.5. The average molecular weight is 410 g/mol. The number of nitrogens with one attached hydrogen (secondary N) is 2. The highest BCUT2D eigenvalue weighted by Crippen LogP contribution is 2.16. The summed E-state index contributed by atoms with van der Waals surface area (Å²) in [6.45, 7) is 5.33. The van der Waals surface area contributed by atoms with E-state index in [1.165, 1.54) is 6.92 Å². The van der Waals surface area contributed by atoms with Crippen LogP contribution in [0.15, 0.2) is 60.3 Å². The molecule has 0 fully saturated rings. The number of amides is 2. The quantitative estimate of drug-likeness (QED) is 0.377. The van der Waals surface area contributed by atoms with Crippen molar-refractivity contribution in [2.24, 2.45) is 0 Å². The molecule has 0 bridgehead atoms. The molecular weight excluding hydrogens is 384 g/mol. The molecule has 2 rings (SSSR count). The fraction of sp³-hybridized carbons (Fsp3) is 0.261. The number of ether oxygens (including phenoxy) is 2. The maximum absolute atomic E-state index is 12.6. The molecule has 0 unspecified atom stereocenters. The van der Waals surface area contributed by atoms with E-state index in [1.807, 2.05) is 13.8 Å². The molecule has 2 aromatic rings. The van der Waals surface area contributed by atoms with Crippen LogP contribution in [-0.4, -0.2) is 37.0 Å². The minimum atomic E-state index is -0.492. The number of benzene rings is 2. The fourth-order valence-electron chi connectivity index (χ4n) is 2.48. The van der Waals surface area contributed by atoms with Gasteiger partial charge in [-0.25, -0.2) is 0 Å². The second-order valence-corrected chi connectivity index (χ2v) is 6.71. The molecule has 7 heteroatoms. The van der Waals surface area contributed by atoms with Crippen LogP contribution >= 0.6 is 0 Å². The number of hydrogen-bond acceptors (Lipinski definition) is 5. The summed E-state index contributed by atoms with van der Waals surface area (Å²) in [5.74, 6) is -0.616. The molecule has 0 aliphatic rings. The van der Waals surface area contributed by atoms with Crippen molar-refractivity contribution in [3.8, 4) is 5.75 Å².